The van der Waals surface area contributed by atoms with Crippen molar-refractivity contribution in [2.24, 2.45) is 0 Å². The molecule has 5 rings (SSSR count). The summed E-state index contributed by atoms with van der Waals surface area (Å²) in [4.78, 5) is 19.1. The summed E-state index contributed by atoms with van der Waals surface area (Å²) in [6.07, 6.45) is 0. The number of hydrogen-bond donors (Lipinski definition) is 2. The van der Waals surface area contributed by atoms with Gasteiger partial charge in [0.1, 0.15) is 18.1 Å². The Morgan fingerprint density at radius 2 is 1.69 bits per heavy atom. The Labute approximate surface area is 166 Å². The predicted molar refractivity (Wildman–Crippen MR) is 113 cm³/mol. The quantitative estimate of drug-likeness (QED) is 0.378. The van der Waals surface area contributed by atoms with Gasteiger partial charge in [-0.3, -0.25) is 0 Å². The van der Waals surface area contributed by atoms with E-state index in [-0.39, 0.29) is 18.4 Å². The van der Waals surface area contributed by atoms with E-state index in [4.69, 9.17) is 4.74 Å². The number of nitrogens with one attached hydrogen (secondary N) is 2. The summed E-state index contributed by atoms with van der Waals surface area (Å²) in [7, 11) is 0. The van der Waals surface area contributed by atoms with E-state index in [9.17, 15) is 9.18 Å². The molecule has 0 fully saturated rings. The molecule has 29 heavy (non-hydrogen) atoms. The summed E-state index contributed by atoms with van der Waals surface area (Å²) in [6.45, 7) is 4.13. The first kappa shape index (κ1) is 17.5. The molecule has 2 aromatic heterocycles. The van der Waals surface area contributed by atoms with Gasteiger partial charge in [-0.05, 0) is 42.7 Å². The van der Waals surface area contributed by atoms with Crippen molar-refractivity contribution in [1.29, 1.82) is 0 Å². The summed E-state index contributed by atoms with van der Waals surface area (Å²) in [5.41, 5.74) is 5.38. The molecule has 0 aliphatic carbocycles. The number of aryl methyl sites for hydroxylation is 2. The largest absolute Gasteiger partial charge is 0.456 e. The zero-order chi connectivity index (χ0) is 20.1. The topological polar surface area (TPSA) is 57.9 Å². The zero-order valence-electron chi connectivity index (χ0n) is 16.1. The lowest BCUT2D eigenvalue weighted by Gasteiger charge is -2.04. The van der Waals surface area contributed by atoms with Crippen LogP contribution in [0.15, 0.2) is 54.6 Å². The number of benzene rings is 3. The predicted octanol–water partition coefficient (Wildman–Crippen LogP) is 5.92. The van der Waals surface area contributed by atoms with E-state index < -0.39 is 0 Å². The van der Waals surface area contributed by atoms with Crippen LogP contribution in [0.2, 0.25) is 0 Å². The number of aromatic nitrogens is 2. The summed E-state index contributed by atoms with van der Waals surface area (Å²) in [5.74, 6) is -0.662. The third kappa shape index (κ3) is 2.70. The van der Waals surface area contributed by atoms with Crippen LogP contribution in [0.25, 0.3) is 32.7 Å². The van der Waals surface area contributed by atoms with Crippen molar-refractivity contribution in [1.82, 2.24) is 9.97 Å². The fourth-order valence-corrected chi connectivity index (χ4v) is 4.19. The van der Waals surface area contributed by atoms with Gasteiger partial charge in [0.25, 0.3) is 0 Å². The fraction of sp³-hybridized carbons (Fsp3) is 0.125. The molecule has 0 amide bonds. The van der Waals surface area contributed by atoms with Gasteiger partial charge in [-0.25, -0.2) is 9.18 Å². The Kier molecular flexibility index (Phi) is 3.91. The first-order chi connectivity index (χ1) is 14.0. The fourth-order valence-electron chi connectivity index (χ4n) is 4.19. The minimum atomic E-state index is -0.387. The van der Waals surface area contributed by atoms with E-state index in [1.807, 2.05) is 56.3 Å². The molecule has 0 radical (unpaired) electrons. The average molecular weight is 386 g/mol. The SMILES string of the molecule is Cc1c(C(=O)OCc2ccccc2)[nH]c2cc3[nH]c4c(F)cccc4c3c(C)c12. The molecular weight excluding hydrogens is 367 g/mol. The molecule has 5 aromatic rings. The van der Waals surface area contributed by atoms with E-state index in [0.29, 0.717) is 11.2 Å². The highest BCUT2D eigenvalue weighted by atomic mass is 19.1. The molecule has 0 atom stereocenters. The van der Waals surface area contributed by atoms with Crippen molar-refractivity contribution in [3.63, 3.8) is 0 Å². The molecule has 0 saturated heterocycles. The number of fused-ring (bicyclic) bond motifs is 4. The van der Waals surface area contributed by atoms with Gasteiger partial charge in [-0.1, -0.05) is 42.5 Å². The van der Waals surface area contributed by atoms with Crippen LogP contribution in [0.5, 0.6) is 0 Å². The number of halogens is 1. The molecule has 0 unspecified atom stereocenters. The van der Waals surface area contributed by atoms with Crippen molar-refractivity contribution < 1.29 is 13.9 Å². The van der Waals surface area contributed by atoms with Crippen molar-refractivity contribution in [3.8, 4) is 0 Å². The van der Waals surface area contributed by atoms with Crippen LogP contribution in [0.1, 0.15) is 27.2 Å². The lowest BCUT2D eigenvalue weighted by atomic mass is 10.0. The number of esters is 1. The molecular formula is C24H19FN2O2. The molecule has 4 nitrogen and oxygen atoms in total. The summed E-state index contributed by atoms with van der Waals surface area (Å²) >= 11 is 0. The van der Waals surface area contributed by atoms with Crippen molar-refractivity contribution in [3.05, 3.63) is 82.8 Å². The van der Waals surface area contributed by atoms with E-state index in [2.05, 4.69) is 9.97 Å². The van der Waals surface area contributed by atoms with Gasteiger partial charge in [-0.15, -0.1) is 0 Å². The number of carbonyl (C=O) groups excluding carboxylic acids is 1. The minimum Gasteiger partial charge on any atom is -0.456 e. The number of hydrogen-bond acceptors (Lipinski definition) is 2. The van der Waals surface area contributed by atoms with E-state index >= 15 is 0 Å². The monoisotopic (exact) mass is 386 g/mol. The van der Waals surface area contributed by atoms with Crippen LogP contribution >= 0.6 is 0 Å². The molecule has 0 bridgehead atoms. The highest BCUT2D eigenvalue weighted by Crippen LogP contribution is 2.36. The van der Waals surface area contributed by atoms with Gasteiger partial charge in [0.2, 0.25) is 0 Å². The summed E-state index contributed by atoms with van der Waals surface area (Å²) in [6, 6.07) is 16.6. The van der Waals surface area contributed by atoms with Crippen LogP contribution < -0.4 is 0 Å². The Morgan fingerprint density at radius 1 is 0.931 bits per heavy atom. The van der Waals surface area contributed by atoms with Crippen LogP contribution in [-0.4, -0.2) is 15.9 Å². The number of carbonyl (C=O) groups is 1. The van der Waals surface area contributed by atoms with Gasteiger partial charge in [-0.2, -0.15) is 0 Å². The first-order valence-electron chi connectivity index (χ1n) is 9.47. The Morgan fingerprint density at radius 3 is 2.48 bits per heavy atom. The second kappa shape index (κ2) is 6.48. The number of rotatable bonds is 3. The van der Waals surface area contributed by atoms with Gasteiger partial charge >= 0.3 is 5.97 Å². The highest BCUT2D eigenvalue weighted by Gasteiger charge is 2.20. The third-order valence-corrected chi connectivity index (χ3v) is 5.55. The zero-order valence-corrected chi connectivity index (χ0v) is 16.1. The van der Waals surface area contributed by atoms with Crippen LogP contribution in [-0.2, 0) is 11.3 Å². The second-order valence-electron chi connectivity index (χ2n) is 7.32. The van der Waals surface area contributed by atoms with Crippen molar-refractivity contribution >= 4 is 38.7 Å². The lowest BCUT2D eigenvalue weighted by molar-refractivity contribution is 0.0466. The average Bonchev–Trinajstić information content (AvgIpc) is 3.26. The number of ether oxygens (including phenoxy) is 1. The van der Waals surface area contributed by atoms with Crippen LogP contribution in [0, 0.1) is 19.7 Å². The van der Waals surface area contributed by atoms with Crippen molar-refractivity contribution in [2.45, 2.75) is 20.5 Å². The van der Waals surface area contributed by atoms with Crippen LogP contribution in [0.3, 0.4) is 0 Å². The normalized spacial score (nSPS) is 11.6. The Hall–Kier alpha value is -3.60. The van der Waals surface area contributed by atoms with E-state index in [1.54, 1.807) is 6.07 Å². The molecule has 0 spiro atoms. The standard InChI is InChI=1S/C24H19FN2O2/c1-13-20-14(2)22(24(28)29-12-15-7-4-3-5-8-15)26-18(20)11-19-21(13)16-9-6-10-17(25)23(16)27-19/h3-11,26-27H,12H2,1-2H3. The molecule has 2 N–H and O–H groups in total. The van der Waals surface area contributed by atoms with E-state index in [1.165, 1.54) is 6.07 Å². The smallest absolute Gasteiger partial charge is 0.355 e. The number of aromatic amines is 2. The Balaban J connectivity index is 1.61. The molecule has 0 aliphatic rings. The van der Waals surface area contributed by atoms with Gasteiger partial charge in [0.15, 0.2) is 0 Å². The molecule has 144 valence electrons. The van der Waals surface area contributed by atoms with E-state index in [0.717, 1.165) is 43.9 Å². The molecule has 5 heteroatoms. The second-order valence-corrected chi connectivity index (χ2v) is 7.32. The molecule has 0 aliphatic heterocycles. The first-order valence-corrected chi connectivity index (χ1v) is 9.47. The number of para-hydroxylation sites is 1. The Bertz CT molecular complexity index is 1400. The summed E-state index contributed by atoms with van der Waals surface area (Å²) < 4.78 is 19.7. The molecule has 2 heterocycles. The van der Waals surface area contributed by atoms with Crippen LogP contribution in [0.4, 0.5) is 4.39 Å². The summed E-state index contributed by atoms with van der Waals surface area (Å²) in [5, 5.41) is 2.78. The molecule has 3 aromatic carbocycles. The molecule has 0 saturated carbocycles. The minimum absolute atomic E-state index is 0.220. The third-order valence-electron chi connectivity index (χ3n) is 5.55. The maximum Gasteiger partial charge on any atom is 0.355 e. The van der Waals surface area contributed by atoms with Gasteiger partial charge in [0.05, 0.1) is 5.52 Å². The highest BCUT2D eigenvalue weighted by molar-refractivity contribution is 6.15. The lowest BCUT2D eigenvalue weighted by Crippen LogP contribution is -2.07. The maximum atomic E-state index is 14.2. The van der Waals surface area contributed by atoms with Gasteiger partial charge < -0.3 is 14.7 Å². The van der Waals surface area contributed by atoms with Gasteiger partial charge in [0, 0.05) is 27.2 Å². The van der Waals surface area contributed by atoms with Crippen molar-refractivity contribution in [2.75, 3.05) is 0 Å². The number of H-pyrrole nitrogens is 2. The maximum absolute atomic E-state index is 14.2.